The zero-order chi connectivity index (χ0) is 30.7. The fourth-order valence-electron chi connectivity index (χ4n) is 4.98. The molecule has 0 N–H and O–H groups in total. The fourth-order valence-corrected chi connectivity index (χ4v) is 4.98. The Morgan fingerprint density at radius 2 is 1.14 bits per heavy atom. The van der Waals surface area contributed by atoms with Crippen LogP contribution in [0.1, 0.15) is 38.8 Å². The number of hydrogen-bond donors (Lipinski definition) is 0. The zero-order valence-electron chi connectivity index (χ0n) is 25.4. The highest BCUT2D eigenvalue weighted by Gasteiger charge is 2.20. The van der Waals surface area contributed by atoms with Crippen molar-refractivity contribution in [2.45, 2.75) is 27.7 Å². The molecule has 3 aliphatic rings. The van der Waals surface area contributed by atoms with Crippen LogP contribution < -0.4 is 19.3 Å². The number of hydrogen-bond acceptors (Lipinski definition) is 7. The van der Waals surface area contributed by atoms with Gasteiger partial charge in [-0.25, -0.2) is 0 Å². The topological polar surface area (TPSA) is 81.8 Å². The molecule has 0 aromatic heterocycles. The van der Waals surface area contributed by atoms with Crippen LogP contribution in [0.25, 0.3) is 11.1 Å². The summed E-state index contributed by atoms with van der Waals surface area (Å²) in [5, 5.41) is 19.3. The minimum atomic E-state index is -0.0159. The summed E-state index contributed by atoms with van der Waals surface area (Å²) in [4.78, 5) is 4.29. The van der Waals surface area contributed by atoms with Crippen molar-refractivity contribution in [2.24, 2.45) is 0 Å². The van der Waals surface area contributed by atoms with E-state index in [9.17, 15) is 10.5 Å². The predicted molar refractivity (Wildman–Crippen MR) is 171 cm³/mol. The summed E-state index contributed by atoms with van der Waals surface area (Å²) in [5.74, 6) is 3.55. The molecular weight excluding hydrogens is 536 g/mol. The maximum Gasteiger partial charge on any atom is 0.137 e. The minimum absolute atomic E-state index is 0.0159. The van der Waals surface area contributed by atoms with Gasteiger partial charge in [0.1, 0.15) is 52.2 Å². The van der Waals surface area contributed by atoms with Gasteiger partial charge in [0.2, 0.25) is 0 Å². The number of anilines is 2. The summed E-state index contributed by atoms with van der Waals surface area (Å²) in [6.45, 7) is 10.0. The molecule has 3 aliphatic heterocycles. The summed E-state index contributed by atoms with van der Waals surface area (Å²) in [6, 6.07) is 16.3. The summed E-state index contributed by atoms with van der Waals surface area (Å²) in [7, 11) is 4.08. The maximum atomic E-state index is 9.63. The molecule has 0 saturated heterocycles. The van der Waals surface area contributed by atoms with Crippen LogP contribution in [0, 0.1) is 22.7 Å². The molecule has 43 heavy (non-hydrogen) atoms. The Balaban J connectivity index is 1.48. The van der Waals surface area contributed by atoms with Crippen LogP contribution in [0.4, 0.5) is 11.4 Å². The molecule has 0 atom stereocenters. The number of benzene rings is 2. The highest BCUT2D eigenvalue weighted by Crippen LogP contribution is 2.38. The van der Waals surface area contributed by atoms with Gasteiger partial charge >= 0.3 is 0 Å². The Hall–Kier alpha value is -5.40. The number of nitrogens with zero attached hydrogens (tertiary/aromatic N) is 4. The average molecular weight is 571 g/mol. The minimum Gasteiger partial charge on any atom is -0.457 e. The number of ether oxygens (including phenoxy) is 3. The van der Waals surface area contributed by atoms with Crippen LogP contribution in [-0.4, -0.2) is 27.2 Å². The molecular formula is C36H34N4O3. The Kier molecular flexibility index (Phi) is 8.27. The van der Waals surface area contributed by atoms with Crippen molar-refractivity contribution in [1.29, 1.82) is 10.5 Å². The second-order valence-corrected chi connectivity index (χ2v) is 10.6. The van der Waals surface area contributed by atoms with Crippen molar-refractivity contribution in [3.8, 4) is 23.6 Å². The molecule has 2 aromatic carbocycles. The van der Waals surface area contributed by atoms with Crippen LogP contribution in [0.5, 0.6) is 11.5 Å². The number of allylic oxidation sites excluding steroid dienone is 10. The first kappa shape index (κ1) is 29.1. The maximum absolute atomic E-state index is 9.63. The van der Waals surface area contributed by atoms with Crippen molar-refractivity contribution < 1.29 is 14.2 Å². The molecule has 7 heteroatoms. The Morgan fingerprint density at radius 1 is 0.698 bits per heavy atom. The Bertz CT molecular complexity index is 1660. The van der Waals surface area contributed by atoms with Gasteiger partial charge in [-0.1, -0.05) is 0 Å². The first-order valence-electron chi connectivity index (χ1n) is 14.3. The van der Waals surface area contributed by atoms with E-state index in [0.717, 1.165) is 58.2 Å². The van der Waals surface area contributed by atoms with Gasteiger partial charge in [0.15, 0.2) is 0 Å². The molecule has 0 radical (unpaired) electrons. The molecule has 0 bridgehead atoms. The van der Waals surface area contributed by atoms with Crippen LogP contribution in [0.2, 0.25) is 0 Å². The molecule has 0 saturated carbocycles. The molecule has 0 amide bonds. The highest BCUT2D eigenvalue weighted by atomic mass is 16.5. The lowest BCUT2D eigenvalue weighted by Gasteiger charge is -2.24. The van der Waals surface area contributed by atoms with Gasteiger partial charge in [-0.15, -0.1) is 0 Å². The van der Waals surface area contributed by atoms with Crippen molar-refractivity contribution in [1.82, 2.24) is 0 Å². The molecule has 0 unspecified atom stereocenters. The van der Waals surface area contributed by atoms with E-state index in [1.165, 1.54) is 0 Å². The van der Waals surface area contributed by atoms with Gasteiger partial charge in [0.05, 0.1) is 0 Å². The van der Waals surface area contributed by atoms with Gasteiger partial charge in [-0.05, 0) is 87.4 Å². The summed E-state index contributed by atoms with van der Waals surface area (Å²) in [6.07, 6.45) is 10.8. The van der Waals surface area contributed by atoms with E-state index in [1.807, 2.05) is 64.4 Å². The van der Waals surface area contributed by atoms with Gasteiger partial charge in [0, 0.05) is 79.5 Å². The van der Waals surface area contributed by atoms with E-state index >= 15 is 0 Å². The molecule has 216 valence electrons. The van der Waals surface area contributed by atoms with Crippen LogP contribution in [0.3, 0.4) is 0 Å². The van der Waals surface area contributed by atoms with E-state index < -0.39 is 0 Å². The smallest absolute Gasteiger partial charge is 0.137 e. The SMILES string of the molecule is CCN(C)c1ccc2c(c1)O/C(=C\C1=CC(=C(C#N)C#N)C=C(/C=C3\C=C(C)c4ccc(N(C)CC)cc4O3)O1)C=C2C. The van der Waals surface area contributed by atoms with E-state index in [-0.39, 0.29) is 5.57 Å². The second kappa shape index (κ2) is 12.2. The van der Waals surface area contributed by atoms with Gasteiger partial charge in [-0.3, -0.25) is 0 Å². The van der Waals surface area contributed by atoms with E-state index in [2.05, 4.69) is 47.9 Å². The van der Waals surface area contributed by atoms with Gasteiger partial charge in [0.25, 0.3) is 0 Å². The normalized spacial score (nSPS) is 17.0. The molecule has 0 aliphatic carbocycles. The van der Waals surface area contributed by atoms with E-state index in [1.54, 1.807) is 24.3 Å². The Morgan fingerprint density at radius 3 is 1.53 bits per heavy atom. The molecule has 5 rings (SSSR count). The molecule has 3 heterocycles. The third-order valence-corrected chi connectivity index (χ3v) is 7.70. The van der Waals surface area contributed by atoms with Crippen LogP contribution >= 0.6 is 0 Å². The van der Waals surface area contributed by atoms with Gasteiger partial charge < -0.3 is 24.0 Å². The third-order valence-electron chi connectivity index (χ3n) is 7.70. The predicted octanol–water partition coefficient (Wildman–Crippen LogP) is 7.80. The van der Waals surface area contributed by atoms with Gasteiger partial charge in [-0.2, -0.15) is 10.5 Å². The molecule has 7 nitrogen and oxygen atoms in total. The number of rotatable bonds is 6. The first-order chi connectivity index (χ1) is 20.7. The fraction of sp³-hybridized carbons (Fsp3) is 0.222. The highest BCUT2D eigenvalue weighted by molar-refractivity contribution is 5.77. The van der Waals surface area contributed by atoms with Crippen LogP contribution in [-0.2, 0) is 4.74 Å². The first-order valence-corrected chi connectivity index (χ1v) is 14.3. The summed E-state index contributed by atoms with van der Waals surface area (Å²) >= 11 is 0. The van der Waals surface area contributed by atoms with Crippen molar-refractivity contribution >= 4 is 22.5 Å². The molecule has 0 spiro atoms. The monoisotopic (exact) mass is 570 g/mol. The second-order valence-electron chi connectivity index (χ2n) is 10.6. The summed E-state index contributed by atoms with van der Waals surface area (Å²) in [5.41, 5.74) is 6.71. The Labute approximate surface area is 253 Å². The number of fused-ring (bicyclic) bond motifs is 2. The van der Waals surface area contributed by atoms with Crippen LogP contribution in [0.15, 0.2) is 107 Å². The van der Waals surface area contributed by atoms with E-state index in [4.69, 9.17) is 14.2 Å². The van der Waals surface area contributed by atoms with E-state index in [0.29, 0.717) is 28.6 Å². The lowest BCUT2D eigenvalue weighted by atomic mass is 10.0. The third kappa shape index (κ3) is 6.12. The summed E-state index contributed by atoms with van der Waals surface area (Å²) < 4.78 is 18.8. The quantitative estimate of drug-likeness (QED) is 0.328. The largest absolute Gasteiger partial charge is 0.457 e. The number of nitriles is 2. The van der Waals surface area contributed by atoms with Crippen molar-refractivity contribution in [2.75, 3.05) is 37.0 Å². The lowest BCUT2D eigenvalue weighted by molar-refractivity contribution is 0.322. The standard InChI is InChI=1S/C36H34N4O3/c1-7-39(5)27-9-11-33-23(3)13-29(42-35(33)17-27)19-31-15-25(26(21-37)22-38)16-32(41-31)20-30-14-24(4)34-12-10-28(40(6)8-2)18-36(34)43-30/h9-20H,7-8H2,1-6H3/b29-19-,30-20+. The average Bonchev–Trinajstić information content (AvgIpc) is 3.00. The molecule has 2 aromatic rings. The molecule has 0 fully saturated rings. The lowest BCUT2D eigenvalue weighted by Crippen LogP contribution is -2.16. The van der Waals surface area contributed by atoms with Crippen molar-refractivity contribution in [3.05, 3.63) is 118 Å². The zero-order valence-corrected chi connectivity index (χ0v) is 25.4. The van der Waals surface area contributed by atoms with Crippen molar-refractivity contribution in [3.63, 3.8) is 0 Å².